The van der Waals surface area contributed by atoms with Gasteiger partial charge in [0.1, 0.15) is 0 Å². The van der Waals surface area contributed by atoms with Crippen molar-refractivity contribution < 1.29 is 21.6 Å². The molecule has 2 aromatic carbocycles. The number of benzene rings is 2. The zero-order chi connectivity index (χ0) is 22.2. The molecule has 8 heteroatoms. The normalized spacial score (nSPS) is 21.9. The molecule has 4 nitrogen and oxygen atoms in total. The molecule has 2 atom stereocenters. The van der Waals surface area contributed by atoms with Gasteiger partial charge in [0.25, 0.3) is 10.0 Å². The van der Waals surface area contributed by atoms with Crippen LogP contribution < -0.4 is 4.72 Å². The van der Waals surface area contributed by atoms with E-state index in [1.54, 1.807) is 6.07 Å². The molecule has 2 aromatic rings. The summed E-state index contributed by atoms with van der Waals surface area (Å²) in [5.74, 6) is 0.578. The van der Waals surface area contributed by atoms with Gasteiger partial charge in [0.15, 0.2) is 0 Å². The molecule has 0 spiro atoms. The first-order valence-electron chi connectivity index (χ1n) is 10.7. The molecule has 1 heterocycles. The molecule has 4 rings (SSSR count). The second-order valence-corrected chi connectivity index (χ2v) is 10.2. The number of likely N-dealkylation sites (tertiary alicyclic amines) is 1. The van der Waals surface area contributed by atoms with Gasteiger partial charge >= 0.3 is 6.18 Å². The highest BCUT2D eigenvalue weighted by Crippen LogP contribution is 2.36. The first-order chi connectivity index (χ1) is 14.7. The van der Waals surface area contributed by atoms with Crippen molar-refractivity contribution in [2.75, 3.05) is 17.8 Å². The van der Waals surface area contributed by atoms with Crippen molar-refractivity contribution in [2.24, 2.45) is 5.92 Å². The molecule has 0 saturated carbocycles. The Morgan fingerprint density at radius 1 is 1.06 bits per heavy atom. The molecule has 0 amide bonds. The number of halogens is 3. The Balaban J connectivity index is 1.52. The van der Waals surface area contributed by atoms with Crippen LogP contribution in [0.1, 0.15) is 42.9 Å². The van der Waals surface area contributed by atoms with Gasteiger partial charge in [-0.3, -0.25) is 9.62 Å². The van der Waals surface area contributed by atoms with Gasteiger partial charge in [0, 0.05) is 11.7 Å². The lowest BCUT2D eigenvalue weighted by Gasteiger charge is -2.44. The minimum atomic E-state index is -4.50. The Morgan fingerprint density at radius 3 is 2.48 bits per heavy atom. The number of nitrogens with zero attached hydrogens (tertiary/aromatic N) is 1. The Kier molecular flexibility index (Phi) is 6.05. The Bertz CT molecular complexity index is 1030. The van der Waals surface area contributed by atoms with Crippen molar-refractivity contribution in [1.29, 1.82) is 0 Å². The van der Waals surface area contributed by atoms with Gasteiger partial charge in [-0.1, -0.05) is 13.0 Å². The number of alkyl halides is 3. The lowest BCUT2D eigenvalue weighted by atomic mass is 9.75. The lowest BCUT2D eigenvalue weighted by Crippen LogP contribution is -2.49. The molecule has 1 saturated heterocycles. The van der Waals surface area contributed by atoms with Crippen molar-refractivity contribution in [3.05, 3.63) is 59.2 Å². The molecule has 0 radical (unpaired) electrons. The largest absolute Gasteiger partial charge is 0.416 e. The molecule has 1 fully saturated rings. The standard InChI is InChI=1S/C23H27F3N2O2S/c1-2-11-28-12-3-4-17-13-18-14-20(8-5-16(18)15-22(17)28)27-31(29,30)21-9-6-19(7-10-21)23(24,25)26/h5-10,14,17,22,27H,2-4,11-13,15H2,1H3. The van der Waals surface area contributed by atoms with Crippen molar-refractivity contribution in [1.82, 2.24) is 4.90 Å². The number of hydrogen-bond acceptors (Lipinski definition) is 3. The highest BCUT2D eigenvalue weighted by Gasteiger charge is 2.35. The van der Waals surface area contributed by atoms with Crippen molar-refractivity contribution in [3.63, 3.8) is 0 Å². The van der Waals surface area contributed by atoms with Gasteiger partial charge in [-0.25, -0.2) is 8.42 Å². The van der Waals surface area contributed by atoms with Crippen LogP contribution in [-0.2, 0) is 29.0 Å². The lowest BCUT2D eigenvalue weighted by molar-refractivity contribution is -0.137. The van der Waals surface area contributed by atoms with Crippen LogP contribution in [-0.4, -0.2) is 32.4 Å². The summed E-state index contributed by atoms with van der Waals surface area (Å²) in [5.41, 5.74) is 1.98. The summed E-state index contributed by atoms with van der Waals surface area (Å²) in [6, 6.07) is 9.70. The molecular formula is C23H27F3N2O2S. The molecule has 31 heavy (non-hydrogen) atoms. The molecule has 0 aromatic heterocycles. The summed E-state index contributed by atoms with van der Waals surface area (Å²) in [6.07, 6.45) is 0.920. The molecule has 1 aliphatic heterocycles. The summed E-state index contributed by atoms with van der Waals surface area (Å²) in [7, 11) is -3.97. The van der Waals surface area contributed by atoms with Crippen LogP contribution in [0.5, 0.6) is 0 Å². The highest BCUT2D eigenvalue weighted by molar-refractivity contribution is 7.92. The average Bonchev–Trinajstić information content (AvgIpc) is 2.72. The Labute approximate surface area is 181 Å². The van der Waals surface area contributed by atoms with Gasteiger partial charge in [-0.05, 0) is 98.6 Å². The van der Waals surface area contributed by atoms with Crippen LogP contribution in [0.25, 0.3) is 0 Å². The summed E-state index contributed by atoms with van der Waals surface area (Å²) < 4.78 is 66.1. The molecular weight excluding hydrogens is 425 g/mol. The minimum Gasteiger partial charge on any atom is -0.300 e. The van der Waals surface area contributed by atoms with E-state index in [9.17, 15) is 21.6 Å². The second kappa shape index (κ2) is 8.47. The molecule has 1 aliphatic carbocycles. The van der Waals surface area contributed by atoms with Crippen LogP contribution in [0.2, 0.25) is 0 Å². The van der Waals surface area contributed by atoms with E-state index >= 15 is 0 Å². The van der Waals surface area contributed by atoms with Gasteiger partial charge in [-0.2, -0.15) is 13.2 Å². The third-order valence-electron chi connectivity index (χ3n) is 6.41. The number of hydrogen-bond donors (Lipinski definition) is 1. The summed E-state index contributed by atoms with van der Waals surface area (Å²) in [4.78, 5) is 2.40. The van der Waals surface area contributed by atoms with Gasteiger partial charge in [-0.15, -0.1) is 0 Å². The number of anilines is 1. The number of fused-ring (bicyclic) bond motifs is 2. The zero-order valence-corrected chi connectivity index (χ0v) is 18.3. The van der Waals surface area contributed by atoms with E-state index in [0.29, 0.717) is 17.6 Å². The third kappa shape index (κ3) is 4.75. The van der Waals surface area contributed by atoms with Crippen LogP contribution in [0.3, 0.4) is 0 Å². The van der Waals surface area contributed by atoms with Crippen LogP contribution in [0, 0.1) is 5.92 Å². The van der Waals surface area contributed by atoms with Crippen LogP contribution >= 0.6 is 0 Å². The monoisotopic (exact) mass is 452 g/mol. The van der Waals surface area contributed by atoms with Crippen LogP contribution in [0.4, 0.5) is 18.9 Å². The smallest absolute Gasteiger partial charge is 0.300 e. The maximum Gasteiger partial charge on any atom is 0.416 e. The number of rotatable bonds is 5. The SMILES string of the molecule is CCCN1CCCC2Cc3cc(NS(=O)(=O)c4ccc(C(F)(F)F)cc4)ccc3CC21. The fourth-order valence-corrected chi connectivity index (χ4v) is 5.98. The van der Waals surface area contributed by atoms with E-state index in [1.807, 2.05) is 12.1 Å². The first kappa shape index (κ1) is 22.1. The quantitative estimate of drug-likeness (QED) is 0.687. The van der Waals surface area contributed by atoms with E-state index in [0.717, 1.165) is 62.2 Å². The summed E-state index contributed by atoms with van der Waals surface area (Å²) in [6.45, 7) is 4.46. The minimum absolute atomic E-state index is 0.194. The average molecular weight is 453 g/mol. The van der Waals surface area contributed by atoms with Gasteiger partial charge < -0.3 is 0 Å². The number of sulfonamides is 1. The van der Waals surface area contributed by atoms with Crippen molar-refractivity contribution >= 4 is 15.7 Å². The summed E-state index contributed by atoms with van der Waals surface area (Å²) in [5, 5.41) is 0. The van der Waals surface area contributed by atoms with E-state index in [4.69, 9.17) is 0 Å². The Morgan fingerprint density at radius 2 is 1.81 bits per heavy atom. The summed E-state index contributed by atoms with van der Waals surface area (Å²) >= 11 is 0. The molecule has 2 aliphatic rings. The van der Waals surface area contributed by atoms with Crippen molar-refractivity contribution in [3.8, 4) is 0 Å². The highest BCUT2D eigenvalue weighted by atomic mass is 32.2. The van der Waals surface area contributed by atoms with Gasteiger partial charge in [0.05, 0.1) is 10.5 Å². The molecule has 1 N–H and O–H groups in total. The van der Waals surface area contributed by atoms with E-state index < -0.39 is 21.8 Å². The van der Waals surface area contributed by atoms with E-state index in [-0.39, 0.29) is 4.90 Å². The topological polar surface area (TPSA) is 49.4 Å². The number of nitrogens with one attached hydrogen (secondary N) is 1. The third-order valence-corrected chi connectivity index (χ3v) is 7.80. The first-order valence-corrected chi connectivity index (χ1v) is 12.2. The van der Waals surface area contributed by atoms with E-state index in [1.165, 1.54) is 18.4 Å². The van der Waals surface area contributed by atoms with Crippen LogP contribution in [0.15, 0.2) is 47.4 Å². The Hall–Kier alpha value is -2.06. The van der Waals surface area contributed by atoms with Crippen molar-refractivity contribution in [2.45, 2.75) is 56.1 Å². The second-order valence-electron chi connectivity index (χ2n) is 8.52. The fourth-order valence-electron chi connectivity index (χ4n) is 4.94. The predicted molar refractivity (Wildman–Crippen MR) is 114 cm³/mol. The fraction of sp³-hybridized carbons (Fsp3) is 0.478. The van der Waals surface area contributed by atoms with Gasteiger partial charge in [0.2, 0.25) is 0 Å². The zero-order valence-electron chi connectivity index (χ0n) is 17.5. The predicted octanol–water partition coefficient (Wildman–Crippen LogP) is 5.10. The van der Waals surface area contributed by atoms with E-state index in [2.05, 4.69) is 16.5 Å². The maximum absolute atomic E-state index is 12.7. The number of piperidine rings is 1. The molecule has 0 bridgehead atoms. The molecule has 2 unspecified atom stereocenters. The molecule has 168 valence electrons. The maximum atomic E-state index is 12.7.